The van der Waals surface area contributed by atoms with Gasteiger partial charge in [0.25, 0.3) is 0 Å². The van der Waals surface area contributed by atoms with E-state index in [4.69, 9.17) is 13.9 Å². The summed E-state index contributed by atoms with van der Waals surface area (Å²) >= 11 is 1.32. The average Bonchev–Trinajstić information content (AvgIpc) is 3.29. The predicted octanol–water partition coefficient (Wildman–Crippen LogP) is 3.37. The number of amides is 1. The van der Waals surface area contributed by atoms with Crippen LogP contribution in [0.25, 0.3) is 21.2 Å². The van der Waals surface area contributed by atoms with Crippen LogP contribution < -0.4 is 9.54 Å². The Morgan fingerprint density at radius 3 is 2.75 bits per heavy atom. The van der Waals surface area contributed by atoms with Crippen LogP contribution in [0.15, 0.2) is 57.9 Å². The van der Waals surface area contributed by atoms with Gasteiger partial charge in [0.15, 0.2) is 21.9 Å². The number of furan rings is 1. The monoisotopic (exact) mass is 396 g/mol. The number of hydrogen-bond donors (Lipinski definition) is 0. The van der Waals surface area contributed by atoms with Gasteiger partial charge in [-0.1, -0.05) is 35.6 Å². The number of carbonyl (C=O) groups excluding carboxylic acids is 2. The molecule has 142 valence electrons. The molecule has 28 heavy (non-hydrogen) atoms. The summed E-state index contributed by atoms with van der Waals surface area (Å²) in [7, 11) is 2.86. The molecule has 8 heteroatoms. The van der Waals surface area contributed by atoms with Gasteiger partial charge in [-0.3, -0.25) is 9.59 Å². The van der Waals surface area contributed by atoms with E-state index in [0.717, 1.165) is 15.6 Å². The molecule has 0 unspecified atom stereocenters. The number of carbonyl (C=O) groups is 2. The Bertz CT molecular complexity index is 1260. The smallest absolute Gasteiger partial charge is 0.325 e. The van der Waals surface area contributed by atoms with Gasteiger partial charge in [-0.15, -0.1) is 0 Å². The predicted molar refractivity (Wildman–Crippen MR) is 104 cm³/mol. The Kier molecular flexibility index (Phi) is 4.70. The molecule has 4 rings (SSSR count). The van der Waals surface area contributed by atoms with Crippen LogP contribution in [0.4, 0.5) is 0 Å². The molecule has 2 heterocycles. The van der Waals surface area contributed by atoms with Crippen LogP contribution in [0.2, 0.25) is 0 Å². The zero-order valence-corrected chi connectivity index (χ0v) is 16.0. The third kappa shape index (κ3) is 3.18. The number of para-hydroxylation sites is 2. The van der Waals surface area contributed by atoms with E-state index in [-0.39, 0.29) is 12.3 Å². The second-order valence-electron chi connectivity index (χ2n) is 5.92. The molecule has 4 aromatic rings. The summed E-state index contributed by atoms with van der Waals surface area (Å²) < 4.78 is 18.3. The van der Waals surface area contributed by atoms with Crippen LogP contribution in [-0.4, -0.2) is 30.7 Å². The van der Waals surface area contributed by atoms with Crippen LogP contribution in [-0.2, 0) is 16.1 Å². The molecule has 0 aliphatic heterocycles. The van der Waals surface area contributed by atoms with Crippen molar-refractivity contribution in [2.24, 2.45) is 4.99 Å². The molecule has 0 aliphatic rings. The number of esters is 1. The Balaban J connectivity index is 1.82. The third-order valence-corrected chi connectivity index (χ3v) is 5.30. The molecular weight excluding hydrogens is 380 g/mol. The standard InChI is InChI=1S/C20H16N2O5S/c1-25-14-8-5-6-12-10-15(27-18(12)14)19(24)21-20-22(11-17(23)26-2)13-7-3-4-9-16(13)28-20/h3-10H,11H2,1-2H3. The number of thiazole rings is 1. The minimum absolute atomic E-state index is 0.0411. The van der Waals surface area contributed by atoms with Gasteiger partial charge < -0.3 is 18.5 Å². The molecule has 0 radical (unpaired) electrons. The van der Waals surface area contributed by atoms with Gasteiger partial charge in [-0.2, -0.15) is 4.99 Å². The first-order valence-corrected chi connectivity index (χ1v) is 9.23. The fraction of sp³-hybridized carbons (Fsp3) is 0.150. The highest BCUT2D eigenvalue weighted by atomic mass is 32.1. The highest BCUT2D eigenvalue weighted by Crippen LogP contribution is 2.28. The van der Waals surface area contributed by atoms with Crippen molar-refractivity contribution in [1.82, 2.24) is 4.57 Å². The van der Waals surface area contributed by atoms with Crippen LogP contribution in [0.5, 0.6) is 5.75 Å². The molecule has 2 aromatic carbocycles. The van der Waals surface area contributed by atoms with Gasteiger partial charge in [0.1, 0.15) is 6.54 Å². The highest BCUT2D eigenvalue weighted by molar-refractivity contribution is 7.16. The number of ether oxygens (including phenoxy) is 2. The van der Waals surface area contributed by atoms with Gasteiger partial charge in [0.05, 0.1) is 24.4 Å². The molecule has 0 saturated heterocycles. The zero-order valence-electron chi connectivity index (χ0n) is 15.2. The van der Waals surface area contributed by atoms with Crippen molar-refractivity contribution in [3.63, 3.8) is 0 Å². The topological polar surface area (TPSA) is 83.0 Å². The first-order valence-electron chi connectivity index (χ1n) is 8.41. The zero-order chi connectivity index (χ0) is 19.7. The van der Waals surface area contributed by atoms with E-state index < -0.39 is 11.9 Å². The number of benzene rings is 2. The number of methoxy groups -OCH3 is 2. The lowest BCUT2D eigenvalue weighted by Crippen LogP contribution is -2.22. The van der Waals surface area contributed by atoms with E-state index in [1.54, 1.807) is 16.7 Å². The maximum absolute atomic E-state index is 12.7. The van der Waals surface area contributed by atoms with E-state index in [1.165, 1.54) is 25.6 Å². The number of rotatable bonds is 4. The minimum Gasteiger partial charge on any atom is -0.493 e. The second kappa shape index (κ2) is 7.32. The number of fused-ring (bicyclic) bond motifs is 2. The molecule has 0 fully saturated rings. The maximum atomic E-state index is 12.7. The first kappa shape index (κ1) is 18.0. The fourth-order valence-corrected chi connectivity index (χ4v) is 3.92. The summed E-state index contributed by atoms with van der Waals surface area (Å²) in [5, 5.41) is 0.747. The Labute approximate surface area is 163 Å². The lowest BCUT2D eigenvalue weighted by atomic mass is 10.2. The van der Waals surface area contributed by atoms with Crippen molar-refractivity contribution in [2.45, 2.75) is 6.54 Å². The van der Waals surface area contributed by atoms with Crippen LogP contribution >= 0.6 is 11.3 Å². The van der Waals surface area contributed by atoms with Gasteiger partial charge in [0, 0.05) is 5.39 Å². The lowest BCUT2D eigenvalue weighted by Gasteiger charge is -2.03. The Morgan fingerprint density at radius 1 is 1.14 bits per heavy atom. The molecule has 0 saturated carbocycles. The Hall–Kier alpha value is -3.39. The largest absolute Gasteiger partial charge is 0.493 e. The molecule has 0 aliphatic carbocycles. The van der Waals surface area contributed by atoms with Crippen LogP contribution in [0.1, 0.15) is 10.6 Å². The maximum Gasteiger partial charge on any atom is 0.325 e. The lowest BCUT2D eigenvalue weighted by molar-refractivity contribution is -0.141. The molecule has 1 amide bonds. The van der Waals surface area contributed by atoms with Crippen molar-refractivity contribution in [1.29, 1.82) is 0 Å². The third-order valence-electron chi connectivity index (χ3n) is 4.24. The number of nitrogens with zero attached hydrogens (tertiary/aromatic N) is 2. The second-order valence-corrected chi connectivity index (χ2v) is 6.93. The normalized spacial score (nSPS) is 11.9. The summed E-state index contributed by atoms with van der Waals surface area (Å²) in [6.07, 6.45) is 0. The highest BCUT2D eigenvalue weighted by Gasteiger charge is 2.16. The molecule has 0 atom stereocenters. The van der Waals surface area contributed by atoms with E-state index in [0.29, 0.717) is 16.1 Å². The van der Waals surface area contributed by atoms with Gasteiger partial charge >= 0.3 is 11.9 Å². The SMILES string of the molecule is COC(=O)Cn1c(=NC(=O)c2cc3cccc(OC)c3o2)sc2ccccc21. The summed E-state index contributed by atoms with van der Waals surface area (Å²) in [5.74, 6) is -0.324. The van der Waals surface area contributed by atoms with Crippen molar-refractivity contribution < 1.29 is 23.5 Å². The summed E-state index contributed by atoms with van der Waals surface area (Å²) in [5.41, 5.74) is 1.29. The van der Waals surface area contributed by atoms with Crippen LogP contribution in [0.3, 0.4) is 0 Å². The van der Waals surface area contributed by atoms with Crippen molar-refractivity contribution in [2.75, 3.05) is 14.2 Å². The first-order chi connectivity index (χ1) is 13.6. The summed E-state index contributed by atoms with van der Waals surface area (Å²) in [4.78, 5) is 29.2. The number of hydrogen-bond acceptors (Lipinski definition) is 6. The molecule has 0 N–H and O–H groups in total. The van der Waals surface area contributed by atoms with Gasteiger partial charge in [-0.25, -0.2) is 0 Å². The molecular formula is C20H16N2O5S. The van der Waals surface area contributed by atoms with E-state index in [9.17, 15) is 9.59 Å². The van der Waals surface area contributed by atoms with Crippen LogP contribution in [0, 0.1) is 0 Å². The average molecular weight is 396 g/mol. The number of aromatic nitrogens is 1. The fourth-order valence-electron chi connectivity index (χ4n) is 2.90. The minimum atomic E-state index is -0.538. The Morgan fingerprint density at radius 2 is 1.96 bits per heavy atom. The molecule has 7 nitrogen and oxygen atoms in total. The molecule has 0 bridgehead atoms. The quantitative estimate of drug-likeness (QED) is 0.494. The molecule has 2 aromatic heterocycles. The van der Waals surface area contributed by atoms with Crippen molar-refractivity contribution in [3.8, 4) is 5.75 Å². The van der Waals surface area contributed by atoms with E-state index >= 15 is 0 Å². The van der Waals surface area contributed by atoms with E-state index in [1.807, 2.05) is 36.4 Å². The van der Waals surface area contributed by atoms with Crippen molar-refractivity contribution in [3.05, 3.63) is 59.1 Å². The van der Waals surface area contributed by atoms with Crippen molar-refractivity contribution >= 4 is 44.4 Å². The summed E-state index contributed by atoms with van der Waals surface area (Å²) in [6.45, 7) is -0.0411. The van der Waals surface area contributed by atoms with E-state index in [2.05, 4.69) is 4.99 Å². The van der Waals surface area contributed by atoms with Gasteiger partial charge in [-0.05, 0) is 24.3 Å². The van der Waals surface area contributed by atoms with Gasteiger partial charge in [0.2, 0.25) is 0 Å². The summed E-state index contributed by atoms with van der Waals surface area (Å²) in [6, 6.07) is 14.6. The molecule has 0 spiro atoms.